The lowest BCUT2D eigenvalue weighted by Gasteiger charge is -2.34. The van der Waals surface area contributed by atoms with Crippen molar-refractivity contribution in [2.75, 3.05) is 30.3 Å². The Balaban J connectivity index is 1.37. The number of piperidine rings is 1. The number of benzene rings is 2. The fraction of sp³-hybridized carbons (Fsp3) is 0.382. The molecule has 2 aromatic carbocycles. The Kier molecular flexibility index (Phi) is 9.27. The van der Waals surface area contributed by atoms with Gasteiger partial charge in [-0.2, -0.15) is 0 Å². The first-order chi connectivity index (χ1) is 21.1. The number of ketones is 1. The molecule has 1 fully saturated rings. The number of carbonyl (C=O) groups excluding carboxylic acids is 2. The quantitative estimate of drug-likeness (QED) is 0.211. The van der Waals surface area contributed by atoms with Crippen molar-refractivity contribution in [3.63, 3.8) is 0 Å². The first-order valence-corrected chi connectivity index (χ1v) is 15.0. The third-order valence-electron chi connectivity index (χ3n) is 7.31. The number of rotatable bonds is 9. The van der Waals surface area contributed by atoms with E-state index >= 15 is 0 Å². The number of ether oxygens (including phenoxy) is 2. The monoisotopic (exact) mass is 596 g/mol. The molecule has 1 amide bonds. The maximum atomic E-state index is 12.6. The van der Waals surface area contributed by atoms with Gasteiger partial charge in [-0.05, 0) is 77.3 Å². The highest BCUT2D eigenvalue weighted by atomic mass is 16.6. The highest BCUT2D eigenvalue weighted by Crippen LogP contribution is 2.38. The number of hydrogen-bond acceptors (Lipinski definition) is 9. The van der Waals surface area contributed by atoms with Crippen LogP contribution < -0.4 is 15.4 Å². The van der Waals surface area contributed by atoms with Crippen molar-refractivity contribution in [2.45, 2.75) is 65.5 Å². The highest BCUT2D eigenvalue weighted by Gasteiger charge is 2.28. The van der Waals surface area contributed by atoms with Gasteiger partial charge in [0.2, 0.25) is 11.8 Å². The van der Waals surface area contributed by atoms with E-state index in [1.807, 2.05) is 70.2 Å². The fourth-order valence-electron chi connectivity index (χ4n) is 5.21. The summed E-state index contributed by atoms with van der Waals surface area (Å²) in [7, 11) is 0. The van der Waals surface area contributed by atoms with Crippen molar-refractivity contribution in [1.82, 2.24) is 19.9 Å². The number of carbonyl (C=O) groups is 2. The number of hydrogen-bond donors (Lipinski definition) is 2. The van der Waals surface area contributed by atoms with Gasteiger partial charge >= 0.3 is 6.09 Å². The molecule has 1 saturated heterocycles. The van der Waals surface area contributed by atoms with Gasteiger partial charge in [0.15, 0.2) is 0 Å². The van der Waals surface area contributed by atoms with E-state index < -0.39 is 5.60 Å². The van der Waals surface area contributed by atoms with Gasteiger partial charge in [0.1, 0.15) is 17.1 Å². The van der Waals surface area contributed by atoms with Gasteiger partial charge in [-0.3, -0.25) is 4.79 Å². The molecule has 0 saturated carbocycles. The van der Waals surface area contributed by atoms with E-state index in [0.29, 0.717) is 49.3 Å². The topological polar surface area (TPSA) is 119 Å². The predicted molar refractivity (Wildman–Crippen MR) is 172 cm³/mol. The van der Waals surface area contributed by atoms with Crippen LogP contribution in [-0.4, -0.2) is 63.0 Å². The summed E-state index contributed by atoms with van der Waals surface area (Å²) < 4.78 is 12.1. The summed E-state index contributed by atoms with van der Waals surface area (Å²) in [4.78, 5) is 39.7. The molecular formula is C34H40N6O4. The van der Waals surface area contributed by atoms with Gasteiger partial charge in [0.25, 0.3) is 0 Å². The zero-order valence-electron chi connectivity index (χ0n) is 26.0. The second kappa shape index (κ2) is 13.3. The van der Waals surface area contributed by atoms with Gasteiger partial charge in [-0.15, -0.1) is 0 Å². The third kappa shape index (κ3) is 7.61. The van der Waals surface area contributed by atoms with E-state index in [4.69, 9.17) is 14.5 Å². The van der Waals surface area contributed by atoms with Crippen LogP contribution in [0.2, 0.25) is 0 Å². The molecular weight excluding hydrogens is 556 g/mol. The minimum absolute atomic E-state index is 0.00674. The molecule has 44 heavy (non-hydrogen) atoms. The standard InChI is InChI=1S/C34H40N6O4/c1-22-13-14-25-26(10-6-12-28(25)35-18-15-23(2)41)30(22)43-31-27(11-7-17-36-31)29-16-19-37-32(39-29)38-24-9-8-20-40(21-24)33(42)44-34(3,4)5/h6-7,10-14,16-17,19,24,35H,8-9,15,18,20-21H2,1-5H3,(H,37,38,39). The number of likely N-dealkylation sites (tertiary alicyclic amines) is 1. The molecule has 0 aliphatic carbocycles. The molecule has 1 aliphatic rings. The van der Waals surface area contributed by atoms with Crippen LogP contribution in [0.1, 0.15) is 52.5 Å². The molecule has 3 heterocycles. The van der Waals surface area contributed by atoms with E-state index in [2.05, 4.69) is 26.7 Å². The Morgan fingerprint density at radius 2 is 1.86 bits per heavy atom. The van der Waals surface area contributed by atoms with E-state index in [1.54, 1.807) is 24.2 Å². The summed E-state index contributed by atoms with van der Waals surface area (Å²) in [6, 6.07) is 15.7. The van der Waals surface area contributed by atoms with E-state index in [0.717, 1.165) is 40.4 Å². The number of aromatic nitrogens is 3. The maximum absolute atomic E-state index is 12.6. The number of Topliss-reactive ketones (excluding diaryl/α,β-unsaturated/α-hetero) is 1. The lowest BCUT2D eigenvalue weighted by molar-refractivity contribution is -0.116. The molecule has 1 atom stereocenters. The van der Waals surface area contributed by atoms with Crippen LogP contribution in [0.25, 0.3) is 22.0 Å². The zero-order valence-corrected chi connectivity index (χ0v) is 26.0. The summed E-state index contributed by atoms with van der Waals surface area (Å²) >= 11 is 0. The van der Waals surface area contributed by atoms with E-state index in [9.17, 15) is 9.59 Å². The number of nitrogens with zero attached hydrogens (tertiary/aromatic N) is 4. The van der Waals surface area contributed by atoms with Gasteiger partial charge < -0.3 is 25.0 Å². The van der Waals surface area contributed by atoms with Crippen molar-refractivity contribution in [1.29, 1.82) is 0 Å². The van der Waals surface area contributed by atoms with Gasteiger partial charge in [0.05, 0.1) is 11.3 Å². The Hall–Kier alpha value is -4.73. The van der Waals surface area contributed by atoms with Crippen molar-refractivity contribution < 1.29 is 19.1 Å². The second-order valence-electron chi connectivity index (χ2n) is 12.1. The molecule has 1 aliphatic heterocycles. The normalized spacial score (nSPS) is 15.1. The molecule has 10 nitrogen and oxygen atoms in total. The summed E-state index contributed by atoms with van der Waals surface area (Å²) in [5.41, 5.74) is 2.75. The molecule has 5 rings (SSSR count). The lowest BCUT2D eigenvalue weighted by atomic mass is 10.0. The molecule has 230 valence electrons. The summed E-state index contributed by atoms with van der Waals surface area (Å²) in [6.45, 7) is 10.9. The molecule has 2 aromatic heterocycles. The number of anilines is 2. The lowest BCUT2D eigenvalue weighted by Crippen LogP contribution is -2.47. The van der Waals surface area contributed by atoms with Crippen molar-refractivity contribution in [3.05, 3.63) is 66.5 Å². The van der Waals surface area contributed by atoms with Gasteiger partial charge in [0, 0.05) is 61.0 Å². The Morgan fingerprint density at radius 1 is 1.02 bits per heavy atom. The van der Waals surface area contributed by atoms with Crippen LogP contribution in [0.15, 0.2) is 60.9 Å². The summed E-state index contributed by atoms with van der Waals surface area (Å²) in [6.07, 6.45) is 5.30. The Labute approximate surface area is 258 Å². The van der Waals surface area contributed by atoms with Gasteiger partial charge in [-0.25, -0.2) is 19.7 Å². The van der Waals surface area contributed by atoms with Gasteiger partial charge in [-0.1, -0.05) is 24.3 Å². The van der Waals surface area contributed by atoms with Crippen LogP contribution in [-0.2, 0) is 9.53 Å². The molecule has 4 aromatic rings. The number of aryl methyl sites for hydroxylation is 1. The molecule has 0 bridgehead atoms. The van der Waals surface area contributed by atoms with Crippen molar-refractivity contribution in [2.24, 2.45) is 0 Å². The molecule has 2 N–H and O–H groups in total. The largest absolute Gasteiger partial charge is 0.444 e. The van der Waals surface area contributed by atoms with Crippen LogP contribution in [0.5, 0.6) is 11.6 Å². The van der Waals surface area contributed by atoms with Crippen LogP contribution in [0.3, 0.4) is 0 Å². The number of fused-ring (bicyclic) bond motifs is 1. The van der Waals surface area contributed by atoms with E-state index in [-0.39, 0.29) is 17.9 Å². The maximum Gasteiger partial charge on any atom is 0.410 e. The van der Waals surface area contributed by atoms with Crippen molar-refractivity contribution in [3.8, 4) is 22.9 Å². The number of pyridine rings is 1. The minimum atomic E-state index is -0.543. The number of nitrogens with one attached hydrogen (secondary N) is 2. The SMILES string of the molecule is CC(=O)CCNc1cccc2c(Oc3ncccc3-c3ccnc(NC4CCCN(C(=O)OC(C)(C)C)C4)n3)c(C)ccc12. The molecule has 0 spiro atoms. The highest BCUT2D eigenvalue weighted by molar-refractivity contribution is 5.98. The average Bonchev–Trinajstić information content (AvgIpc) is 2.98. The fourth-order valence-corrected chi connectivity index (χ4v) is 5.21. The van der Waals surface area contributed by atoms with E-state index in [1.165, 1.54) is 0 Å². The molecule has 0 radical (unpaired) electrons. The smallest absolute Gasteiger partial charge is 0.410 e. The first kappa shape index (κ1) is 30.7. The van der Waals surface area contributed by atoms with Crippen LogP contribution in [0.4, 0.5) is 16.4 Å². The van der Waals surface area contributed by atoms with Crippen LogP contribution in [0, 0.1) is 6.92 Å². The Bertz CT molecular complexity index is 1650. The number of amides is 1. The first-order valence-electron chi connectivity index (χ1n) is 15.0. The zero-order chi connectivity index (χ0) is 31.3. The van der Waals surface area contributed by atoms with Crippen LogP contribution >= 0.6 is 0 Å². The third-order valence-corrected chi connectivity index (χ3v) is 7.31. The predicted octanol–water partition coefficient (Wildman–Crippen LogP) is 6.99. The second-order valence-corrected chi connectivity index (χ2v) is 12.1. The van der Waals surface area contributed by atoms with Crippen molar-refractivity contribution >= 4 is 34.3 Å². The Morgan fingerprint density at radius 3 is 2.66 bits per heavy atom. The summed E-state index contributed by atoms with van der Waals surface area (Å²) in [5.74, 6) is 1.74. The minimum Gasteiger partial charge on any atom is -0.444 e. The molecule has 10 heteroatoms. The molecule has 1 unspecified atom stereocenters. The summed E-state index contributed by atoms with van der Waals surface area (Å²) in [5, 5.41) is 8.72. The average molecular weight is 597 g/mol.